The molecule has 1 unspecified atom stereocenters. The fraction of sp³-hybridized carbons (Fsp3) is 0.545. The van der Waals surface area contributed by atoms with Crippen molar-refractivity contribution >= 4 is 23.0 Å². The summed E-state index contributed by atoms with van der Waals surface area (Å²) in [6.45, 7) is 6.66. The molecule has 0 amide bonds. The summed E-state index contributed by atoms with van der Waals surface area (Å²) in [4.78, 5) is 10.0. The zero-order valence-electron chi connectivity index (χ0n) is 10.3. The van der Waals surface area contributed by atoms with Crippen LogP contribution in [0.5, 0.6) is 0 Å². The van der Waals surface area contributed by atoms with Crippen LogP contribution in [-0.2, 0) is 0 Å². The van der Waals surface area contributed by atoms with Gasteiger partial charge in [-0.25, -0.2) is 14.4 Å². The topological polar surface area (TPSA) is 55.0 Å². The first-order chi connectivity index (χ1) is 7.97. The van der Waals surface area contributed by atoms with E-state index < -0.39 is 0 Å². The Bertz CT molecular complexity index is 410. The Balaban J connectivity index is 2.94. The second-order valence-electron chi connectivity index (χ2n) is 3.94. The van der Waals surface area contributed by atoms with Crippen LogP contribution in [0, 0.1) is 18.7 Å². The van der Waals surface area contributed by atoms with Crippen LogP contribution in [0.25, 0.3) is 0 Å². The number of hydrogen-bond acceptors (Lipinski definition) is 4. The SMILES string of the molecule is CCN(CC(C)C(N)=S)c1ncnc(C)c1F. The fourth-order valence-electron chi connectivity index (χ4n) is 1.45. The maximum atomic E-state index is 13.9. The van der Waals surface area contributed by atoms with Crippen molar-refractivity contribution in [3.63, 3.8) is 0 Å². The number of aryl methyl sites for hydroxylation is 1. The van der Waals surface area contributed by atoms with Gasteiger partial charge < -0.3 is 10.6 Å². The molecule has 1 aromatic rings. The van der Waals surface area contributed by atoms with E-state index in [9.17, 15) is 4.39 Å². The summed E-state index contributed by atoms with van der Waals surface area (Å²) in [5.74, 6) is -0.0628. The van der Waals surface area contributed by atoms with E-state index in [1.807, 2.05) is 18.7 Å². The summed E-state index contributed by atoms with van der Waals surface area (Å²) in [6, 6.07) is 0. The van der Waals surface area contributed by atoms with Crippen LogP contribution in [0.4, 0.5) is 10.2 Å². The molecule has 0 spiro atoms. The summed E-state index contributed by atoms with van der Waals surface area (Å²) in [7, 11) is 0. The molecule has 4 nitrogen and oxygen atoms in total. The Morgan fingerprint density at radius 3 is 2.76 bits per heavy atom. The van der Waals surface area contributed by atoms with Crippen LogP contribution >= 0.6 is 12.2 Å². The Kier molecular flexibility index (Phi) is 4.74. The zero-order valence-corrected chi connectivity index (χ0v) is 11.1. The molecule has 6 heteroatoms. The predicted molar refractivity (Wildman–Crippen MR) is 70.6 cm³/mol. The van der Waals surface area contributed by atoms with Crippen molar-refractivity contribution in [3.05, 3.63) is 17.8 Å². The maximum Gasteiger partial charge on any atom is 0.186 e. The van der Waals surface area contributed by atoms with Crippen LogP contribution in [0.3, 0.4) is 0 Å². The van der Waals surface area contributed by atoms with Crippen molar-refractivity contribution in [1.82, 2.24) is 9.97 Å². The molecule has 1 rings (SSSR count). The molecule has 0 bridgehead atoms. The Morgan fingerprint density at radius 2 is 2.24 bits per heavy atom. The van der Waals surface area contributed by atoms with Crippen LogP contribution in [-0.4, -0.2) is 28.0 Å². The number of rotatable bonds is 5. The molecule has 0 aliphatic carbocycles. The summed E-state index contributed by atoms with van der Waals surface area (Å²) in [5.41, 5.74) is 5.91. The van der Waals surface area contributed by atoms with Crippen molar-refractivity contribution in [2.75, 3.05) is 18.0 Å². The normalized spacial score (nSPS) is 12.2. The molecule has 94 valence electrons. The third-order valence-corrected chi connectivity index (χ3v) is 3.01. The van der Waals surface area contributed by atoms with Crippen molar-refractivity contribution in [3.8, 4) is 0 Å². The monoisotopic (exact) mass is 256 g/mol. The second-order valence-corrected chi connectivity index (χ2v) is 4.41. The van der Waals surface area contributed by atoms with E-state index in [2.05, 4.69) is 9.97 Å². The first kappa shape index (κ1) is 13.8. The lowest BCUT2D eigenvalue weighted by Gasteiger charge is -2.25. The first-order valence-electron chi connectivity index (χ1n) is 5.48. The minimum absolute atomic E-state index is 0.0135. The second kappa shape index (κ2) is 5.86. The van der Waals surface area contributed by atoms with E-state index in [0.717, 1.165) is 0 Å². The molecule has 1 aromatic heterocycles. The average Bonchev–Trinajstić information content (AvgIpc) is 2.29. The average molecular weight is 256 g/mol. The third-order valence-electron chi connectivity index (χ3n) is 2.61. The quantitative estimate of drug-likeness (QED) is 0.812. The van der Waals surface area contributed by atoms with Crippen molar-refractivity contribution in [1.29, 1.82) is 0 Å². The molecule has 17 heavy (non-hydrogen) atoms. The Hall–Kier alpha value is -1.30. The number of halogens is 1. The minimum atomic E-state index is -0.385. The van der Waals surface area contributed by atoms with Crippen molar-refractivity contribution in [2.45, 2.75) is 20.8 Å². The van der Waals surface area contributed by atoms with Gasteiger partial charge in [0.1, 0.15) is 6.33 Å². The van der Waals surface area contributed by atoms with Gasteiger partial charge in [0.25, 0.3) is 0 Å². The first-order valence-corrected chi connectivity index (χ1v) is 5.89. The third kappa shape index (κ3) is 3.33. The summed E-state index contributed by atoms with van der Waals surface area (Å²) < 4.78 is 13.9. The minimum Gasteiger partial charge on any atom is -0.393 e. The summed E-state index contributed by atoms with van der Waals surface area (Å²) >= 11 is 4.92. The number of aromatic nitrogens is 2. The van der Waals surface area contributed by atoms with Gasteiger partial charge in [-0.3, -0.25) is 0 Å². The van der Waals surface area contributed by atoms with Gasteiger partial charge >= 0.3 is 0 Å². The highest BCUT2D eigenvalue weighted by molar-refractivity contribution is 7.80. The summed E-state index contributed by atoms with van der Waals surface area (Å²) in [6.07, 6.45) is 1.36. The smallest absolute Gasteiger partial charge is 0.186 e. The molecule has 0 aliphatic heterocycles. The molecule has 1 atom stereocenters. The lowest BCUT2D eigenvalue weighted by atomic mass is 10.1. The zero-order chi connectivity index (χ0) is 13.0. The molecule has 0 aliphatic rings. The fourth-order valence-corrected chi connectivity index (χ4v) is 1.53. The van der Waals surface area contributed by atoms with E-state index in [0.29, 0.717) is 29.6 Å². The van der Waals surface area contributed by atoms with Crippen LogP contribution in [0.15, 0.2) is 6.33 Å². The van der Waals surface area contributed by atoms with E-state index in [4.69, 9.17) is 18.0 Å². The van der Waals surface area contributed by atoms with Gasteiger partial charge in [0.2, 0.25) is 0 Å². The van der Waals surface area contributed by atoms with Crippen LogP contribution < -0.4 is 10.6 Å². The van der Waals surface area contributed by atoms with Gasteiger partial charge in [-0.05, 0) is 13.8 Å². The molecule has 0 saturated heterocycles. The molecule has 0 fully saturated rings. The van der Waals surface area contributed by atoms with E-state index >= 15 is 0 Å². The molecular weight excluding hydrogens is 239 g/mol. The van der Waals surface area contributed by atoms with Gasteiger partial charge in [0.05, 0.1) is 10.7 Å². The molecule has 0 aromatic carbocycles. The largest absolute Gasteiger partial charge is 0.393 e. The van der Waals surface area contributed by atoms with Gasteiger partial charge in [-0.1, -0.05) is 19.1 Å². The Labute approximate surface area is 106 Å². The molecule has 0 saturated carbocycles. The van der Waals surface area contributed by atoms with Gasteiger partial charge in [-0.15, -0.1) is 0 Å². The highest BCUT2D eigenvalue weighted by Crippen LogP contribution is 2.18. The number of hydrogen-bond donors (Lipinski definition) is 1. The van der Waals surface area contributed by atoms with Gasteiger partial charge in [0.15, 0.2) is 11.6 Å². The number of anilines is 1. The van der Waals surface area contributed by atoms with Crippen molar-refractivity contribution < 1.29 is 4.39 Å². The lowest BCUT2D eigenvalue weighted by molar-refractivity contribution is 0.584. The molecular formula is C11H17FN4S. The van der Waals surface area contributed by atoms with Gasteiger partial charge in [-0.2, -0.15) is 0 Å². The van der Waals surface area contributed by atoms with Crippen LogP contribution in [0.2, 0.25) is 0 Å². The van der Waals surface area contributed by atoms with Crippen LogP contribution in [0.1, 0.15) is 19.5 Å². The molecule has 1 heterocycles. The number of nitrogens with zero attached hydrogens (tertiary/aromatic N) is 3. The number of thiocarbonyl (C=S) groups is 1. The highest BCUT2D eigenvalue weighted by atomic mass is 32.1. The molecule has 2 N–H and O–H groups in total. The maximum absolute atomic E-state index is 13.9. The Morgan fingerprint density at radius 1 is 1.59 bits per heavy atom. The van der Waals surface area contributed by atoms with E-state index in [1.54, 1.807) is 6.92 Å². The van der Waals surface area contributed by atoms with Crippen molar-refractivity contribution in [2.24, 2.45) is 11.7 Å². The van der Waals surface area contributed by atoms with E-state index in [-0.39, 0.29) is 11.7 Å². The predicted octanol–water partition coefficient (Wildman–Crippen LogP) is 1.67. The highest BCUT2D eigenvalue weighted by Gasteiger charge is 2.17. The van der Waals surface area contributed by atoms with E-state index in [1.165, 1.54) is 6.33 Å². The summed E-state index contributed by atoms with van der Waals surface area (Å²) in [5, 5.41) is 0. The molecule has 0 radical (unpaired) electrons. The number of nitrogens with two attached hydrogens (primary N) is 1. The standard InChI is InChI=1S/C11H17FN4S/c1-4-16(5-7(2)10(13)17)11-9(12)8(3)14-6-15-11/h6-7H,4-5H2,1-3H3,(H2,13,17). The lowest BCUT2D eigenvalue weighted by Crippen LogP contribution is -2.35. The van der Waals surface area contributed by atoms with Gasteiger partial charge in [0, 0.05) is 19.0 Å².